The second kappa shape index (κ2) is 8.05. The predicted molar refractivity (Wildman–Crippen MR) is 108 cm³/mol. The van der Waals surface area contributed by atoms with Gasteiger partial charge in [-0.2, -0.15) is 9.29 Å². The number of sulfonamides is 1. The topological polar surface area (TPSA) is 75.6 Å². The van der Waals surface area contributed by atoms with Gasteiger partial charge in [-0.15, -0.1) is 0 Å². The van der Waals surface area contributed by atoms with E-state index < -0.39 is 10.0 Å². The number of anilines is 1. The lowest BCUT2D eigenvalue weighted by molar-refractivity contribution is 0.369. The largest absolute Gasteiger partial charge is 0.439 e. The van der Waals surface area contributed by atoms with Crippen molar-refractivity contribution in [2.75, 3.05) is 30.3 Å². The van der Waals surface area contributed by atoms with Crippen molar-refractivity contribution >= 4 is 16.0 Å². The molecule has 28 heavy (non-hydrogen) atoms. The van der Waals surface area contributed by atoms with Gasteiger partial charge in [-0.1, -0.05) is 18.2 Å². The summed E-state index contributed by atoms with van der Waals surface area (Å²) in [6.07, 6.45) is 4.08. The van der Waals surface area contributed by atoms with Crippen LogP contribution < -0.4 is 9.64 Å². The van der Waals surface area contributed by atoms with E-state index in [1.165, 1.54) is 10.7 Å². The lowest BCUT2D eigenvalue weighted by Crippen LogP contribution is -2.38. The van der Waals surface area contributed by atoms with Crippen molar-refractivity contribution < 1.29 is 13.2 Å². The van der Waals surface area contributed by atoms with Gasteiger partial charge in [0.25, 0.3) is 0 Å². The molecule has 150 valence electrons. The number of hydrogen-bond donors (Lipinski definition) is 0. The maximum atomic E-state index is 12.4. The summed E-state index contributed by atoms with van der Waals surface area (Å²) in [5.41, 5.74) is 1.66. The number of rotatable bonds is 5. The number of para-hydroxylation sites is 1. The minimum Gasteiger partial charge on any atom is -0.439 e. The van der Waals surface area contributed by atoms with E-state index in [9.17, 15) is 8.42 Å². The Morgan fingerprint density at radius 2 is 1.79 bits per heavy atom. The second-order valence-electron chi connectivity index (χ2n) is 7.20. The monoisotopic (exact) mass is 402 g/mol. The van der Waals surface area contributed by atoms with Crippen LogP contribution in [0.1, 0.15) is 37.4 Å². The van der Waals surface area contributed by atoms with Gasteiger partial charge in [0, 0.05) is 32.6 Å². The zero-order chi connectivity index (χ0) is 19.6. The van der Waals surface area contributed by atoms with E-state index in [2.05, 4.69) is 4.90 Å². The smallest absolute Gasteiger partial charge is 0.228 e. The van der Waals surface area contributed by atoms with Gasteiger partial charge >= 0.3 is 0 Å². The van der Waals surface area contributed by atoms with Crippen molar-refractivity contribution in [3.8, 4) is 11.6 Å². The zero-order valence-electron chi connectivity index (χ0n) is 16.2. The van der Waals surface area contributed by atoms with E-state index in [1.807, 2.05) is 30.3 Å². The van der Waals surface area contributed by atoms with E-state index >= 15 is 0 Å². The maximum Gasteiger partial charge on any atom is 0.228 e. The van der Waals surface area contributed by atoms with E-state index in [1.54, 1.807) is 6.92 Å². The third kappa shape index (κ3) is 3.98. The number of nitrogens with zero attached hydrogens (tertiary/aromatic N) is 4. The van der Waals surface area contributed by atoms with Crippen LogP contribution in [0.25, 0.3) is 0 Å². The van der Waals surface area contributed by atoms with Crippen LogP contribution in [0.2, 0.25) is 0 Å². The van der Waals surface area contributed by atoms with Crippen molar-refractivity contribution in [1.29, 1.82) is 0 Å². The van der Waals surface area contributed by atoms with E-state index in [0.29, 0.717) is 30.5 Å². The number of fused-ring (bicyclic) bond motifs is 1. The Morgan fingerprint density at radius 3 is 2.50 bits per heavy atom. The molecule has 7 nitrogen and oxygen atoms in total. The Balaban J connectivity index is 1.72. The van der Waals surface area contributed by atoms with Gasteiger partial charge in [-0.25, -0.2) is 13.4 Å². The van der Waals surface area contributed by atoms with Crippen LogP contribution in [-0.2, 0) is 23.0 Å². The molecule has 1 fully saturated rings. The van der Waals surface area contributed by atoms with Crippen LogP contribution in [0, 0.1) is 0 Å². The number of aromatic nitrogens is 2. The number of benzene rings is 1. The van der Waals surface area contributed by atoms with Gasteiger partial charge in [-0.05, 0) is 38.3 Å². The first kappa shape index (κ1) is 19.1. The second-order valence-corrected chi connectivity index (χ2v) is 9.46. The number of piperidine rings is 1. The third-order valence-electron chi connectivity index (χ3n) is 5.33. The zero-order valence-corrected chi connectivity index (χ0v) is 17.0. The van der Waals surface area contributed by atoms with Crippen molar-refractivity contribution in [2.24, 2.45) is 0 Å². The SMILES string of the molecule is CCS(=O)(=O)N1CCc2nc(N3CCCCC3)nc(Oc3ccccc3)c2C1. The first-order chi connectivity index (χ1) is 13.6. The lowest BCUT2D eigenvalue weighted by Gasteiger charge is -2.31. The Kier molecular flexibility index (Phi) is 5.50. The van der Waals surface area contributed by atoms with Gasteiger partial charge < -0.3 is 9.64 Å². The highest BCUT2D eigenvalue weighted by atomic mass is 32.2. The van der Waals surface area contributed by atoms with Crippen LogP contribution in [0.15, 0.2) is 30.3 Å². The average Bonchev–Trinajstić information content (AvgIpc) is 2.74. The van der Waals surface area contributed by atoms with Crippen LogP contribution in [-0.4, -0.2) is 48.1 Å². The first-order valence-electron chi connectivity index (χ1n) is 9.92. The molecular weight excluding hydrogens is 376 g/mol. The van der Waals surface area contributed by atoms with E-state index in [0.717, 1.165) is 37.2 Å². The molecule has 0 saturated carbocycles. The van der Waals surface area contributed by atoms with Gasteiger partial charge in [0.05, 0.1) is 17.0 Å². The molecule has 2 aromatic rings. The molecule has 0 unspecified atom stereocenters. The molecule has 1 saturated heterocycles. The predicted octanol–water partition coefficient (Wildman–Crippen LogP) is 2.97. The minimum atomic E-state index is -3.27. The molecule has 0 radical (unpaired) electrons. The fourth-order valence-electron chi connectivity index (χ4n) is 3.69. The molecule has 0 amide bonds. The normalized spacial score (nSPS) is 18.0. The van der Waals surface area contributed by atoms with Crippen molar-refractivity contribution in [2.45, 2.75) is 39.2 Å². The van der Waals surface area contributed by atoms with Gasteiger partial charge in [0.1, 0.15) is 5.75 Å². The molecule has 8 heteroatoms. The van der Waals surface area contributed by atoms with Crippen LogP contribution in [0.5, 0.6) is 11.6 Å². The van der Waals surface area contributed by atoms with Crippen molar-refractivity contribution in [3.63, 3.8) is 0 Å². The molecule has 4 rings (SSSR count). The molecule has 0 atom stereocenters. The molecule has 0 N–H and O–H groups in total. The summed E-state index contributed by atoms with van der Waals surface area (Å²) in [6, 6.07) is 9.48. The average molecular weight is 403 g/mol. The van der Waals surface area contributed by atoms with Gasteiger partial charge in [0.2, 0.25) is 21.9 Å². The van der Waals surface area contributed by atoms with Crippen LogP contribution in [0.3, 0.4) is 0 Å². The molecular formula is C20H26N4O3S. The Bertz CT molecular complexity index is 928. The molecule has 2 aliphatic heterocycles. The Morgan fingerprint density at radius 1 is 1.04 bits per heavy atom. The molecule has 0 aliphatic carbocycles. The maximum absolute atomic E-state index is 12.4. The highest BCUT2D eigenvalue weighted by molar-refractivity contribution is 7.89. The molecule has 0 bridgehead atoms. The molecule has 1 aromatic heterocycles. The van der Waals surface area contributed by atoms with Crippen LogP contribution >= 0.6 is 0 Å². The molecule has 3 heterocycles. The summed E-state index contributed by atoms with van der Waals surface area (Å²) in [6.45, 7) is 4.26. The van der Waals surface area contributed by atoms with Crippen LogP contribution in [0.4, 0.5) is 5.95 Å². The summed E-state index contributed by atoms with van der Waals surface area (Å²) >= 11 is 0. The summed E-state index contributed by atoms with van der Waals surface area (Å²) in [7, 11) is -3.27. The minimum absolute atomic E-state index is 0.0872. The fourth-order valence-corrected chi connectivity index (χ4v) is 4.75. The third-order valence-corrected chi connectivity index (χ3v) is 7.16. The number of hydrogen-bond acceptors (Lipinski definition) is 6. The van der Waals surface area contributed by atoms with Gasteiger partial charge in [-0.3, -0.25) is 0 Å². The van der Waals surface area contributed by atoms with Gasteiger partial charge in [0.15, 0.2) is 0 Å². The van der Waals surface area contributed by atoms with E-state index in [-0.39, 0.29) is 12.3 Å². The highest BCUT2D eigenvalue weighted by Crippen LogP contribution is 2.32. The Labute approximate surface area is 166 Å². The fraction of sp³-hybridized carbons (Fsp3) is 0.500. The lowest BCUT2D eigenvalue weighted by atomic mass is 10.1. The Hall–Kier alpha value is -2.19. The molecule has 1 aromatic carbocycles. The highest BCUT2D eigenvalue weighted by Gasteiger charge is 2.30. The van der Waals surface area contributed by atoms with Crippen molar-refractivity contribution in [1.82, 2.24) is 14.3 Å². The molecule has 0 spiro atoms. The first-order valence-corrected chi connectivity index (χ1v) is 11.5. The summed E-state index contributed by atoms with van der Waals surface area (Å²) in [5.74, 6) is 1.93. The summed E-state index contributed by atoms with van der Waals surface area (Å²) < 4.78 is 32.4. The van der Waals surface area contributed by atoms with E-state index in [4.69, 9.17) is 14.7 Å². The standard InChI is InChI=1S/C20H26N4O3S/c1-2-28(25,26)24-14-11-18-17(15-24)19(27-16-9-5-3-6-10-16)22-20(21-18)23-12-7-4-8-13-23/h3,5-6,9-10H,2,4,7-8,11-15H2,1H3. The van der Waals surface area contributed by atoms with Crippen molar-refractivity contribution in [3.05, 3.63) is 41.6 Å². The summed E-state index contributed by atoms with van der Waals surface area (Å²) in [4.78, 5) is 11.7. The molecule has 2 aliphatic rings. The number of ether oxygens (including phenoxy) is 1. The quantitative estimate of drug-likeness (QED) is 0.765. The summed E-state index contributed by atoms with van der Waals surface area (Å²) in [5, 5.41) is 0.